The Morgan fingerprint density at radius 3 is 1.58 bits per heavy atom. The second kappa shape index (κ2) is 15.6. The van der Waals surface area contributed by atoms with Crippen molar-refractivity contribution in [3.63, 3.8) is 0 Å². The molecule has 0 N–H and O–H groups in total. The van der Waals surface area contributed by atoms with Crippen LogP contribution in [0.25, 0.3) is 62.1 Å². The molecule has 1 unspecified atom stereocenters. The highest BCUT2D eigenvalue weighted by molar-refractivity contribution is 6.10. The molecule has 12 rings (SSSR count). The molecular formula is C57H42N8. The average molecular weight is 839 g/mol. The van der Waals surface area contributed by atoms with Crippen LogP contribution in [0.4, 0.5) is 28.4 Å². The first-order valence-electron chi connectivity index (χ1n) is 21.9. The second-order valence-corrected chi connectivity index (χ2v) is 16.6. The maximum atomic E-state index is 5.46. The molecule has 1 atom stereocenters. The fourth-order valence-corrected chi connectivity index (χ4v) is 9.73. The van der Waals surface area contributed by atoms with Gasteiger partial charge in [-0.1, -0.05) is 115 Å². The minimum absolute atomic E-state index is 0.393. The van der Waals surface area contributed by atoms with E-state index in [9.17, 15) is 0 Å². The van der Waals surface area contributed by atoms with Crippen molar-refractivity contribution < 1.29 is 0 Å². The van der Waals surface area contributed by atoms with E-state index < -0.39 is 5.54 Å². The van der Waals surface area contributed by atoms with Gasteiger partial charge in [0.2, 0.25) is 11.9 Å². The summed E-state index contributed by atoms with van der Waals surface area (Å²) in [7, 11) is 0. The Hall–Kier alpha value is -8.62. The van der Waals surface area contributed by atoms with Crippen LogP contribution in [-0.4, -0.2) is 34.6 Å². The molecule has 0 amide bonds. The lowest BCUT2D eigenvalue weighted by molar-refractivity contribution is 0.560. The van der Waals surface area contributed by atoms with Crippen molar-refractivity contribution >= 4 is 67.2 Å². The molecule has 0 spiro atoms. The van der Waals surface area contributed by atoms with E-state index in [1.165, 1.54) is 5.56 Å². The summed E-state index contributed by atoms with van der Waals surface area (Å²) >= 11 is 0. The zero-order valence-electron chi connectivity index (χ0n) is 35.6. The molecular weight excluding hydrogens is 797 g/mol. The SMILES string of the molecule is CC1(N(c2ccccc2)c2ccccc2)C=Cc2c(c3ccccc3n2-c2nc(-c3ccncc3)nc(-n3c4ccccc4c4cc(N(c5ccccc5)c5ccccc5)ccc43)n2)C1. The summed E-state index contributed by atoms with van der Waals surface area (Å²) in [5.41, 5.74) is 11.2. The van der Waals surface area contributed by atoms with Crippen LogP contribution >= 0.6 is 0 Å². The third-order valence-corrected chi connectivity index (χ3v) is 12.6. The molecule has 4 heterocycles. The van der Waals surface area contributed by atoms with E-state index in [-0.39, 0.29) is 0 Å². The molecule has 65 heavy (non-hydrogen) atoms. The van der Waals surface area contributed by atoms with E-state index in [2.05, 4.69) is 231 Å². The highest BCUT2D eigenvalue weighted by atomic mass is 15.3. The molecule has 8 heteroatoms. The van der Waals surface area contributed by atoms with Crippen molar-refractivity contribution in [2.24, 2.45) is 0 Å². The van der Waals surface area contributed by atoms with Gasteiger partial charge in [0.1, 0.15) is 0 Å². The number of nitrogens with zero attached hydrogens (tertiary/aromatic N) is 8. The lowest BCUT2D eigenvalue weighted by Crippen LogP contribution is -2.45. The Balaban J connectivity index is 1.06. The zero-order chi connectivity index (χ0) is 43.3. The van der Waals surface area contributed by atoms with E-state index in [0.717, 1.165) is 78.8 Å². The minimum Gasteiger partial charge on any atom is -0.332 e. The van der Waals surface area contributed by atoms with Gasteiger partial charge >= 0.3 is 0 Å². The standard InChI is InChI=1S/C57H42N8/c1-57(65(43-22-10-4-11-23-43)44-24-12-5-13-25-44)35-32-53-49(39-57)47-27-15-17-29-51(47)64(53)56-60-54(40-33-36-58-37-34-40)59-55(61-56)63-50-28-16-14-26-46(50)48-38-45(30-31-52(48)63)62(41-18-6-2-7-19-41)42-20-8-3-9-21-42/h2-38H,39H2,1H3. The molecule has 0 saturated carbocycles. The van der Waals surface area contributed by atoms with Gasteiger partial charge in [0.25, 0.3) is 0 Å². The lowest BCUT2D eigenvalue weighted by Gasteiger charge is -2.43. The number of aromatic nitrogens is 6. The summed E-state index contributed by atoms with van der Waals surface area (Å²) in [6.45, 7) is 2.33. The van der Waals surface area contributed by atoms with Crippen molar-refractivity contribution in [3.8, 4) is 23.3 Å². The number of hydrogen-bond donors (Lipinski definition) is 0. The number of benzene rings is 7. The predicted octanol–water partition coefficient (Wildman–Crippen LogP) is 13.6. The van der Waals surface area contributed by atoms with E-state index >= 15 is 0 Å². The van der Waals surface area contributed by atoms with E-state index in [0.29, 0.717) is 17.7 Å². The van der Waals surface area contributed by atoms with Gasteiger partial charge in [-0.2, -0.15) is 15.0 Å². The molecule has 1 aliphatic carbocycles. The molecule has 0 aliphatic heterocycles. The van der Waals surface area contributed by atoms with Gasteiger partial charge < -0.3 is 9.80 Å². The molecule has 8 nitrogen and oxygen atoms in total. The largest absolute Gasteiger partial charge is 0.332 e. The van der Waals surface area contributed by atoms with E-state index in [1.807, 2.05) is 12.1 Å². The number of rotatable bonds is 9. The van der Waals surface area contributed by atoms with Crippen molar-refractivity contribution in [1.82, 2.24) is 29.1 Å². The number of anilines is 5. The number of hydrogen-bond acceptors (Lipinski definition) is 6. The lowest BCUT2D eigenvalue weighted by atomic mass is 9.84. The maximum Gasteiger partial charge on any atom is 0.240 e. The Kier molecular flexibility index (Phi) is 9.15. The smallest absolute Gasteiger partial charge is 0.240 e. The number of para-hydroxylation sites is 6. The Labute approximate surface area is 376 Å². The van der Waals surface area contributed by atoms with Gasteiger partial charge in [-0.25, -0.2) is 0 Å². The normalized spacial score (nSPS) is 14.5. The monoisotopic (exact) mass is 838 g/mol. The van der Waals surface area contributed by atoms with Crippen molar-refractivity contribution in [3.05, 3.63) is 230 Å². The molecule has 0 bridgehead atoms. The molecule has 1 aliphatic rings. The van der Waals surface area contributed by atoms with Crippen LogP contribution in [0.2, 0.25) is 0 Å². The molecule has 0 fully saturated rings. The number of pyridine rings is 1. The van der Waals surface area contributed by atoms with Gasteiger partial charge in [0.15, 0.2) is 5.82 Å². The molecule has 4 aromatic heterocycles. The molecule has 310 valence electrons. The van der Waals surface area contributed by atoms with Gasteiger partial charge in [-0.05, 0) is 110 Å². The third-order valence-electron chi connectivity index (χ3n) is 12.6. The first kappa shape index (κ1) is 38.1. The Morgan fingerprint density at radius 1 is 0.462 bits per heavy atom. The summed E-state index contributed by atoms with van der Waals surface area (Å²) < 4.78 is 4.40. The second-order valence-electron chi connectivity index (χ2n) is 16.6. The molecule has 11 aromatic rings. The zero-order valence-corrected chi connectivity index (χ0v) is 35.6. The van der Waals surface area contributed by atoms with Crippen molar-refractivity contribution in [2.45, 2.75) is 18.9 Å². The minimum atomic E-state index is -0.393. The van der Waals surface area contributed by atoms with E-state index in [1.54, 1.807) is 12.4 Å². The average Bonchev–Trinajstić information content (AvgIpc) is 3.87. The molecule has 0 radical (unpaired) electrons. The van der Waals surface area contributed by atoms with Crippen LogP contribution in [0.15, 0.2) is 219 Å². The summed E-state index contributed by atoms with van der Waals surface area (Å²) in [5.74, 6) is 1.63. The molecule has 0 saturated heterocycles. The number of fused-ring (bicyclic) bond motifs is 6. The van der Waals surface area contributed by atoms with Crippen molar-refractivity contribution in [2.75, 3.05) is 9.80 Å². The first-order chi connectivity index (χ1) is 32.1. The summed E-state index contributed by atoms with van der Waals surface area (Å²) in [6, 6.07) is 70.1. The predicted molar refractivity (Wildman–Crippen MR) is 265 cm³/mol. The maximum absolute atomic E-state index is 5.46. The van der Waals surface area contributed by atoms with Crippen LogP contribution < -0.4 is 9.80 Å². The Morgan fingerprint density at radius 2 is 0.969 bits per heavy atom. The van der Waals surface area contributed by atoms with E-state index in [4.69, 9.17) is 15.0 Å². The van der Waals surface area contributed by atoms with Gasteiger partial charge in [-0.3, -0.25) is 14.1 Å². The van der Waals surface area contributed by atoms with Gasteiger partial charge in [0, 0.05) is 69.0 Å². The fourth-order valence-electron chi connectivity index (χ4n) is 9.73. The van der Waals surface area contributed by atoms with Crippen LogP contribution in [-0.2, 0) is 6.42 Å². The highest BCUT2D eigenvalue weighted by Crippen LogP contribution is 2.44. The summed E-state index contributed by atoms with van der Waals surface area (Å²) in [4.78, 5) is 25.1. The van der Waals surface area contributed by atoms with Crippen molar-refractivity contribution in [1.29, 1.82) is 0 Å². The van der Waals surface area contributed by atoms with Crippen LogP contribution in [0.3, 0.4) is 0 Å². The third kappa shape index (κ3) is 6.54. The topological polar surface area (TPSA) is 67.9 Å². The quantitative estimate of drug-likeness (QED) is 0.144. The molecule has 7 aromatic carbocycles. The van der Waals surface area contributed by atoms with Gasteiger partial charge in [-0.15, -0.1) is 0 Å². The van der Waals surface area contributed by atoms with Crippen LogP contribution in [0.5, 0.6) is 0 Å². The highest BCUT2D eigenvalue weighted by Gasteiger charge is 2.37. The van der Waals surface area contributed by atoms with Crippen LogP contribution in [0.1, 0.15) is 18.2 Å². The van der Waals surface area contributed by atoms with Gasteiger partial charge in [0.05, 0.1) is 27.8 Å². The summed E-state index contributed by atoms with van der Waals surface area (Å²) in [5, 5.41) is 3.36. The fraction of sp³-hybridized carbons (Fsp3) is 0.0526. The first-order valence-corrected chi connectivity index (χ1v) is 21.9. The van der Waals surface area contributed by atoms with Crippen LogP contribution in [0, 0.1) is 0 Å². The summed E-state index contributed by atoms with van der Waals surface area (Å²) in [6.07, 6.45) is 8.93. The Bertz CT molecular complexity index is 3450.